The van der Waals surface area contributed by atoms with Gasteiger partial charge in [-0.1, -0.05) is 6.07 Å². The van der Waals surface area contributed by atoms with E-state index in [2.05, 4.69) is 0 Å². The topological polar surface area (TPSA) is 77.8 Å². The SMILES string of the molecule is O=C1C(=Cc2ccc(O)cc2C(F)(F)F)Cc2cc(O)c(O)cc21. The first-order valence-corrected chi connectivity index (χ1v) is 6.87. The van der Waals surface area contributed by atoms with Crippen LogP contribution in [0.4, 0.5) is 13.2 Å². The summed E-state index contributed by atoms with van der Waals surface area (Å²) in [6, 6.07) is 5.08. The van der Waals surface area contributed by atoms with E-state index in [9.17, 15) is 33.3 Å². The van der Waals surface area contributed by atoms with Crippen molar-refractivity contribution < 1.29 is 33.3 Å². The number of carbonyl (C=O) groups is 1. The number of hydrogen-bond acceptors (Lipinski definition) is 4. The van der Waals surface area contributed by atoms with Crippen LogP contribution in [0.2, 0.25) is 0 Å². The van der Waals surface area contributed by atoms with Crippen molar-refractivity contribution in [2.75, 3.05) is 0 Å². The minimum Gasteiger partial charge on any atom is -0.508 e. The molecule has 3 N–H and O–H groups in total. The largest absolute Gasteiger partial charge is 0.508 e. The summed E-state index contributed by atoms with van der Waals surface area (Å²) in [6.45, 7) is 0. The van der Waals surface area contributed by atoms with Gasteiger partial charge in [0.15, 0.2) is 17.3 Å². The van der Waals surface area contributed by atoms with Crippen LogP contribution in [-0.4, -0.2) is 21.1 Å². The summed E-state index contributed by atoms with van der Waals surface area (Å²) in [7, 11) is 0. The summed E-state index contributed by atoms with van der Waals surface area (Å²) in [5.41, 5.74) is -0.627. The molecule has 124 valence electrons. The Morgan fingerprint density at radius 2 is 1.67 bits per heavy atom. The molecule has 2 aromatic carbocycles. The average molecular weight is 336 g/mol. The Morgan fingerprint density at radius 3 is 2.33 bits per heavy atom. The van der Waals surface area contributed by atoms with Crippen LogP contribution in [0.15, 0.2) is 35.9 Å². The zero-order chi connectivity index (χ0) is 17.6. The Hall–Kier alpha value is -2.96. The van der Waals surface area contributed by atoms with Gasteiger partial charge in [-0.05, 0) is 41.5 Å². The Morgan fingerprint density at radius 1 is 1.00 bits per heavy atom. The number of aromatic hydroxyl groups is 3. The lowest BCUT2D eigenvalue weighted by Crippen LogP contribution is -2.07. The Balaban J connectivity index is 2.07. The molecule has 0 unspecified atom stereocenters. The molecular formula is C17H11F3O4. The summed E-state index contributed by atoms with van der Waals surface area (Å²) in [5.74, 6) is -1.91. The zero-order valence-corrected chi connectivity index (χ0v) is 12.1. The van der Waals surface area contributed by atoms with Crippen LogP contribution in [0, 0.1) is 0 Å². The van der Waals surface area contributed by atoms with Crippen molar-refractivity contribution in [3.8, 4) is 17.2 Å². The highest BCUT2D eigenvalue weighted by molar-refractivity contribution is 6.16. The smallest absolute Gasteiger partial charge is 0.417 e. The minimum absolute atomic E-state index is 0.0418. The third-order valence-electron chi connectivity index (χ3n) is 3.79. The number of phenols is 3. The number of Topliss-reactive ketones (excluding diaryl/α,β-unsaturated/α-hetero) is 1. The molecule has 0 amide bonds. The highest BCUT2D eigenvalue weighted by Gasteiger charge is 2.34. The monoisotopic (exact) mass is 336 g/mol. The number of alkyl halides is 3. The predicted octanol–water partition coefficient (Wildman–Crippen LogP) is 3.64. The molecule has 0 radical (unpaired) electrons. The lowest BCUT2D eigenvalue weighted by Gasteiger charge is -2.11. The van der Waals surface area contributed by atoms with Crippen molar-refractivity contribution in [1.29, 1.82) is 0 Å². The van der Waals surface area contributed by atoms with Crippen LogP contribution in [0.25, 0.3) is 6.08 Å². The van der Waals surface area contributed by atoms with Crippen LogP contribution >= 0.6 is 0 Å². The molecule has 4 nitrogen and oxygen atoms in total. The van der Waals surface area contributed by atoms with E-state index in [1.54, 1.807) is 0 Å². The van der Waals surface area contributed by atoms with Gasteiger partial charge in [-0.25, -0.2) is 0 Å². The number of ketones is 1. The first kappa shape index (κ1) is 15.9. The third-order valence-corrected chi connectivity index (χ3v) is 3.79. The summed E-state index contributed by atoms with van der Waals surface area (Å²) in [6.07, 6.45) is -3.53. The predicted molar refractivity (Wildman–Crippen MR) is 78.9 cm³/mol. The molecule has 0 spiro atoms. The number of allylic oxidation sites excluding steroid dienone is 1. The van der Waals surface area contributed by atoms with Gasteiger partial charge in [-0.2, -0.15) is 13.2 Å². The molecule has 1 aliphatic rings. The molecule has 24 heavy (non-hydrogen) atoms. The molecule has 0 heterocycles. The van der Waals surface area contributed by atoms with Gasteiger partial charge in [-0.15, -0.1) is 0 Å². The van der Waals surface area contributed by atoms with E-state index in [-0.39, 0.29) is 23.1 Å². The third kappa shape index (κ3) is 2.68. The van der Waals surface area contributed by atoms with Crippen molar-refractivity contribution >= 4 is 11.9 Å². The number of halogens is 3. The van der Waals surface area contributed by atoms with Crippen molar-refractivity contribution in [3.05, 3.63) is 58.2 Å². The second-order valence-electron chi connectivity index (χ2n) is 5.44. The lowest BCUT2D eigenvalue weighted by atomic mass is 10.0. The Bertz CT molecular complexity index is 882. The number of fused-ring (bicyclic) bond motifs is 1. The van der Waals surface area contributed by atoms with Crippen LogP contribution in [0.1, 0.15) is 27.0 Å². The molecular weight excluding hydrogens is 325 g/mol. The fourth-order valence-electron chi connectivity index (χ4n) is 2.66. The first-order valence-electron chi connectivity index (χ1n) is 6.87. The number of hydrogen-bond donors (Lipinski definition) is 3. The van der Waals surface area contributed by atoms with E-state index in [0.717, 1.165) is 24.3 Å². The van der Waals surface area contributed by atoms with Gasteiger partial charge in [0.05, 0.1) is 5.56 Å². The molecule has 0 aliphatic heterocycles. The Labute approximate surface area is 134 Å². The fraction of sp³-hybridized carbons (Fsp3) is 0.118. The molecule has 7 heteroatoms. The van der Waals surface area contributed by atoms with Crippen molar-refractivity contribution in [1.82, 2.24) is 0 Å². The van der Waals surface area contributed by atoms with Gasteiger partial charge in [0, 0.05) is 17.6 Å². The zero-order valence-electron chi connectivity index (χ0n) is 12.1. The van der Waals surface area contributed by atoms with Gasteiger partial charge in [0.1, 0.15) is 5.75 Å². The summed E-state index contributed by atoms with van der Waals surface area (Å²) in [4.78, 5) is 12.3. The standard InChI is InChI=1S/C17H11F3O4/c18-17(19,20)13-6-11(21)2-1-8(13)3-10-4-9-5-14(22)15(23)7-12(9)16(10)24/h1-3,5-7,21-23H,4H2. The summed E-state index contributed by atoms with van der Waals surface area (Å²) >= 11 is 0. The maximum absolute atomic E-state index is 13.1. The van der Waals surface area contributed by atoms with Crippen LogP contribution in [0.3, 0.4) is 0 Å². The minimum atomic E-state index is -4.68. The van der Waals surface area contributed by atoms with Crippen molar-refractivity contribution in [2.24, 2.45) is 0 Å². The molecule has 0 aromatic heterocycles. The molecule has 0 saturated heterocycles. The van der Waals surface area contributed by atoms with Crippen LogP contribution in [0.5, 0.6) is 17.2 Å². The van der Waals surface area contributed by atoms with Crippen LogP contribution < -0.4 is 0 Å². The Kier molecular flexibility index (Phi) is 3.51. The molecule has 3 rings (SSSR count). The second kappa shape index (κ2) is 5.30. The molecule has 2 aromatic rings. The second-order valence-corrected chi connectivity index (χ2v) is 5.44. The van der Waals surface area contributed by atoms with E-state index >= 15 is 0 Å². The highest BCUT2D eigenvalue weighted by atomic mass is 19.4. The average Bonchev–Trinajstić information content (AvgIpc) is 2.77. The van der Waals surface area contributed by atoms with Gasteiger partial charge in [0.25, 0.3) is 0 Å². The van der Waals surface area contributed by atoms with Gasteiger partial charge in [-0.3, -0.25) is 4.79 Å². The summed E-state index contributed by atoms with van der Waals surface area (Å²) < 4.78 is 39.2. The first-order chi connectivity index (χ1) is 11.2. The van der Waals surface area contributed by atoms with Gasteiger partial charge < -0.3 is 15.3 Å². The molecule has 1 aliphatic carbocycles. The quantitative estimate of drug-likeness (QED) is 0.549. The number of benzene rings is 2. The van der Waals surface area contributed by atoms with Gasteiger partial charge in [0.2, 0.25) is 0 Å². The normalized spacial score (nSPS) is 15.8. The number of phenolic OH excluding ortho intramolecular Hbond substituents is 3. The van der Waals surface area contributed by atoms with Crippen molar-refractivity contribution in [3.63, 3.8) is 0 Å². The number of rotatable bonds is 1. The molecule has 0 fully saturated rings. The number of carbonyl (C=O) groups excluding carboxylic acids is 1. The van der Waals surface area contributed by atoms with E-state index in [0.29, 0.717) is 11.6 Å². The van der Waals surface area contributed by atoms with Crippen LogP contribution in [-0.2, 0) is 12.6 Å². The summed E-state index contributed by atoms with van der Waals surface area (Å²) in [5, 5.41) is 28.2. The lowest BCUT2D eigenvalue weighted by molar-refractivity contribution is -0.137. The fourth-order valence-corrected chi connectivity index (χ4v) is 2.66. The van der Waals surface area contributed by atoms with Gasteiger partial charge >= 0.3 is 6.18 Å². The molecule has 0 saturated carbocycles. The van der Waals surface area contributed by atoms with E-state index in [1.807, 2.05) is 0 Å². The highest BCUT2D eigenvalue weighted by Crippen LogP contribution is 2.38. The maximum Gasteiger partial charge on any atom is 0.417 e. The maximum atomic E-state index is 13.1. The van der Waals surface area contributed by atoms with E-state index in [1.165, 1.54) is 6.07 Å². The molecule has 0 bridgehead atoms. The van der Waals surface area contributed by atoms with E-state index in [4.69, 9.17) is 0 Å². The molecule has 0 atom stereocenters. The van der Waals surface area contributed by atoms with E-state index < -0.39 is 34.8 Å². The van der Waals surface area contributed by atoms with Crippen molar-refractivity contribution in [2.45, 2.75) is 12.6 Å².